The van der Waals surface area contributed by atoms with Crippen molar-refractivity contribution in [3.8, 4) is 0 Å². The summed E-state index contributed by atoms with van der Waals surface area (Å²) in [5.41, 5.74) is 2.24. The van der Waals surface area contributed by atoms with Gasteiger partial charge >= 0.3 is 0 Å². The maximum absolute atomic E-state index is 12.4. The number of hydrogen-bond acceptors (Lipinski definition) is 7. The summed E-state index contributed by atoms with van der Waals surface area (Å²) in [5.74, 6) is -0.229. The molecule has 2 heterocycles. The molecule has 3 aromatic rings. The summed E-state index contributed by atoms with van der Waals surface area (Å²) in [6.45, 7) is 3.39. The largest absolute Gasteiger partial charge is 0.539 e. The molecule has 0 aliphatic heterocycles. The first-order valence-corrected chi connectivity index (χ1v) is 9.69. The third-order valence-electron chi connectivity index (χ3n) is 3.92. The summed E-state index contributed by atoms with van der Waals surface area (Å²) < 4.78 is 33.4. The Kier molecular flexibility index (Phi) is 5.55. The van der Waals surface area contributed by atoms with E-state index in [9.17, 15) is 13.2 Å². The normalized spacial score (nSPS) is 11.5. The van der Waals surface area contributed by atoms with Crippen molar-refractivity contribution in [1.29, 1.82) is 0 Å². The molecule has 1 aromatic carbocycles. The van der Waals surface area contributed by atoms with Gasteiger partial charge in [-0.05, 0) is 55.8 Å². The number of nitrogens with one attached hydrogen (secondary N) is 1. The van der Waals surface area contributed by atoms with E-state index < -0.39 is 10.0 Å². The van der Waals surface area contributed by atoms with E-state index in [1.807, 2.05) is 0 Å². The lowest BCUT2D eigenvalue weighted by Crippen LogP contribution is -1.99. The van der Waals surface area contributed by atoms with Crippen LogP contribution in [0.2, 0.25) is 0 Å². The van der Waals surface area contributed by atoms with Crippen molar-refractivity contribution in [2.45, 2.75) is 18.7 Å². The standard InChI is InChI=1S/C19H18N4O4S/c1-13-14(2)22-27-19(13)23-28(25,26)17-7-5-16(6-8-17)21-11-9-18(24)15-4-3-10-20-12-15/h3-12H,1-2H3,(H2,21,22,23,24)/p-1. The predicted molar refractivity (Wildman–Crippen MR) is 104 cm³/mol. The molecule has 0 aliphatic rings. The molecule has 1 N–H and O–H groups in total. The molecule has 3 rings (SSSR count). The van der Waals surface area contributed by atoms with Crippen LogP contribution < -0.4 is 5.32 Å². The molecule has 9 heteroatoms. The third kappa shape index (κ3) is 4.44. The van der Waals surface area contributed by atoms with Gasteiger partial charge in [0.05, 0.1) is 16.5 Å². The molecule has 0 aliphatic carbocycles. The number of pyridine rings is 1. The van der Waals surface area contributed by atoms with Crippen LogP contribution in [-0.2, 0) is 10.0 Å². The number of rotatable bonds is 7. The SMILES string of the molecule is Cc1noc([N-]S(=O)(=O)c2ccc(N/C=C/C(=O)c3cccnc3)cc2)c1C. The van der Waals surface area contributed by atoms with Crippen LogP contribution in [0.4, 0.5) is 11.6 Å². The summed E-state index contributed by atoms with van der Waals surface area (Å²) in [6.07, 6.45) is 5.91. The second-order valence-electron chi connectivity index (χ2n) is 5.87. The van der Waals surface area contributed by atoms with Gasteiger partial charge in [0.15, 0.2) is 5.78 Å². The van der Waals surface area contributed by atoms with Crippen molar-refractivity contribution in [2.75, 3.05) is 5.32 Å². The lowest BCUT2D eigenvalue weighted by Gasteiger charge is -2.18. The molecular formula is C19H17N4O4S-. The Morgan fingerprint density at radius 3 is 2.54 bits per heavy atom. The van der Waals surface area contributed by atoms with Gasteiger partial charge in [0.25, 0.3) is 0 Å². The summed E-state index contributed by atoms with van der Waals surface area (Å²) in [4.78, 5) is 15.9. The van der Waals surface area contributed by atoms with Gasteiger partial charge in [-0.2, -0.15) is 0 Å². The highest BCUT2D eigenvalue weighted by Crippen LogP contribution is 2.32. The number of sulfonamides is 1. The Morgan fingerprint density at radius 2 is 1.93 bits per heavy atom. The van der Waals surface area contributed by atoms with E-state index in [0.717, 1.165) is 0 Å². The smallest absolute Gasteiger partial charge is 0.188 e. The van der Waals surface area contributed by atoms with Gasteiger partial charge in [0.2, 0.25) is 0 Å². The number of hydrogen-bond donors (Lipinski definition) is 1. The molecule has 0 atom stereocenters. The minimum atomic E-state index is -3.92. The zero-order valence-corrected chi connectivity index (χ0v) is 16.0. The van der Waals surface area contributed by atoms with Gasteiger partial charge in [-0.1, -0.05) is 5.16 Å². The molecule has 0 radical (unpaired) electrons. The van der Waals surface area contributed by atoms with Gasteiger partial charge in [-0.15, -0.1) is 0 Å². The first kappa shape index (κ1) is 19.3. The fraction of sp³-hybridized carbons (Fsp3) is 0.105. The second-order valence-corrected chi connectivity index (χ2v) is 7.48. The number of ketones is 1. The van der Waals surface area contributed by atoms with Crippen molar-refractivity contribution < 1.29 is 17.7 Å². The number of aromatic nitrogens is 2. The molecule has 8 nitrogen and oxygen atoms in total. The fourth-order valence-corrected chi connectivity index (χ4v) is 3.17. The topological polar surface area (TPSA) is 116 Å². The third-order valence-corrected chi connectivity index (χ3v) is 5.19. The van der Waals surface area contributed by atoms with Gasteiger partial charge in [0, 0.05) is 35.9 Å². The van der Waals surface area contributed by atoms with Crippen LogP contribution in [-0.4, -0.2) is 24.3 Å². The summed E-state index contributed by atoms with van der Waals surface area (Å²) in [7, 11) is -3.92. The number of anilines is 1. The maximum Gasteiger partial charge on any atom is 0.188 e. The van der Waals surface area contributed by atoms with Gasteiger partial charge in [-0.3, -0.25) is 9.78 Å². The van der Waals surface area contributed by atoms with Crippen LogP contribution in [0.5, 0.6) is 0 Å². The summed E-state index contributed by atoms with van der Waals surface area (Å²) in [6, 6.07) is 9.31. The highest BCUT2D eigenvalue weighted by atomic mass is 32.2. The van der Waals surface area contributed by atoms with Crippen LogP contribution in [0.25, 0.3) is 4.72 Å². The first-order valence-electron chi connectivity index (χ1n) is 8.25. The Labute approximate surface area is 162 Å². The number of carbonyl (C=O) groups is 1. The van der Waals surface area contributed by atoms with Crippen molar-refractivity contribution in [2.24, 2.45) is 0 Å². The second kappa shape index (κ2) is 8.05. The van der Waals surface area contributed by atoms with Crippen molar-refractivity contribution in [1.82, 2.24) is 10.1 Å². The monoisotopic (exact) mass is 397 g/mol. The number of benzene rings is 1. The van der Waals surface area contributed by atoms with E-state index in [2.05, 4.69) is 20.2 Å². The van der Waals surface area contributed by atoms with E-state index >= 15 is 0 Å². The quantitative estimate of drug-likeness (QED) is 0.475. The molecule has 0 saturated carbocycles. The number of aryl methyl sites for hydroxylation is 1. The first-order chi connectivity index (χ1) is 13.4. The minimum Gasteiger partial charge on any atom is -0.539 e. The predicted octanol–water partition coefficient (Wildman–Crippen LogP) is 3.89. The highest BCUT2D eigenvalue weighted by molar-refractivity contribution is 7.94. The Morgan fingerprint density at radius 1 is 1.18 bits per heavy atom. The Hall–Kier alpha value is -3.46. The average molecular weight is 397 g/mol. The van der Waals surface area contributed by atoms with Gasteiger partial charge in [-0.25, -0.2) is 8.42 Å². The molecule has 28 heavy (non-hydrogen) atoms. The fourth-order valence-electron chi connectivity index (χ4n) is 2.19. The summed E-state index contributed by atoms with van der Waals surface area (Å²) >= 11 is 0. The van der Waals surface area contributed by atoms with Crippen molar-refractivity contribution in [3.63, 3.8) is 0 Å². The lowest BCUT2D eigenvalue weighted by molar-refractivity contribution is 0.104. The number of carbonyl (C=O) groups excluding carboxylic acids is 1. The maximum atomic E-state index is 12.4. The molecule has 0 fully saturated rings. The highest BCUT2D eigenvalue weighted by Gasteiger charge is 2.09. The van der Waals surface area contributed by atoms with Crippen molar-refractivity contribution in [3.05, 3.63) is 82.6 Å². The van der Waals surface area contributed by atoms with E-state index in [0.29, 0.717) is 22.5 Å². The summed E-state index contributed by atoms with van der Waals surface area (Å²) in [5, 5.41) is 6.61. The minimum absolute atomic E-state index is 0.0157. The molecule has 144 valence electrons. The van der Waals surface area contributed by atoms with Crippen LogP contribution >= 0.6 is 0 Å². The van der Waals surface area contributed by atoms with Crippen LogP contribution in [0, 0.1) is 13.8 Å². The molecular weight excluding hydrogens is 380 g/mol. The van der Waals surface area contributed by atoms with E-state index in [-0.39, 0.29) is 16.6 Å². The zero-order valence-electron chi connectivity index (χ0n) is 15.2. The molecule has 0 unspecified atom stereocenters. The van der Waals surface area contributed by atoms with Crippen LogP contribution in [0.1, 0.15) is 21.6 Å². The van der Waals surface area contributed by atoms with E-state index in [4.69, 9.17) is 4.52 Å². The molecule has 0 spiro atoms. The average Bonchev–Trinajstić information content (AvgIpc) is 3.00. The lowest BCUT2D eigenvalue weighted by atomic mass is 10.2. The Bertz CT molecular complexity index is 1100. The van der Waals surface area contributed by atoms with Crippen LogP contribution in [0.3, 0.4) is 0 Å². The Balaban J connectivity index is 1.65. The van der Waals surface area contributed by atoms with E-state index in [1.165, 1.54) is 30.6 Å². The van der Waals surface area contributed by atoms with Crippen LogP contribution in [0.15, 0.2) is 70.5 Å². The molecule has 0 saturated heterocycles. The van der Waals surface area contributed by atoms with Crippen molar-refractivity contribution >= 4 is 27.4 Å². The van der Waals surface area contributed by atoms with E-state index in [1.54, 1.807) is 44.3 Å². The molecule has 0 bridgehead atoms. The van der Waals surface area contributed by atoms with Gasteiger partial charge < -0.3 is 14.6 Å². The zero-order chi connectivity index (χ0) is 20.1. The number of allylic oxidation sites excluding steroid dienone is 1. The van der Waals surface area contributed by atoms with Gasteiger partial charge in [0.1, 0.15) is 10.0 Å². The number of nitrogens with zero attached hydrogens (tertiary/aromatic N) is 3. The molecule has 2 aromatic heterocycles. The molecule has 0 amide bonds.